The van der Waals surface area contributed by atoms with Crippen LogP contribution in [-0.2, 0) is 0 Å². The second kappa shape index (κ2) is 2.09. The molecule has 0 aromatic carbocycles. The minimum atomic E-state index is 0.417. The van der Waals surface area contributed by atoms with E-state index in [0.29, 0.717) is 6.04 Å². The molecule has 0 aliphatic carbocycles. The molecule has 9 heavy (non-hydrogen) atoms. The first-order valence-corrected chi connectivity index (χ1v) is 2.98. The van der Waals surface area contributed by atoms with E-state index >= 15 is 0 Å². The third kappa shape index (κ3) is 1.04. The van der Waals surface area contributed by atoms with Gasteiger partial charge in [-0.3, -0.25) is 10.4 Å². The number of nitrogens with zero attached hydrogens (tertiary/aromatic N) is 2. The Hall–Kier alpha value is -0.990. The second-order valence-corrected chi connectivity index (χ2v) is 2.27. The third-order valence-electron chi connectivity index (χ3n) is 1.20. The fraction of sp³-hybridized carbons (Fsp3) is 0.500. The van der Waals surface area contributed by atoms with E-state index in [-0.39, 0.29) is 0 Å². The van der Waals surface area contributed by atoms with E-state index < -0.39 is 0 Å². The zero-order chi connectivity index (χ0) is 6.85. The Bertz CT molecular complexity index is 148. The molecule has 0 saturated heterocycles. The smallest absolute Gasteiger partial charge is 0.141 e. The van der Waals surface area contributed by atoms with Crippen molar-refractivity contribution in [2.45, 2.75) is 19.9 Å². The largest absolute Gasteiger partial charge is 0.286 e. The molecule has 0 atom stereocenters. The Labute approximate surface area is 55.0 Å². The SMILES string of the molecule is C=C1N=CNN1C(C)C. The van der Waals surface area contributed by atoms with Gasteiger partial charge in [0.2, 0.25) is 0 Å². The van der Waals surface area contributed by atoms with Crippen molar-refractivity contribution in [3.05, 3.63) is 12.4 Å². The average molecular weight is 125 g/mol. The molecule has 50 valence electrons. The summed E-state index contributed by atoms with van der Waals surface area (Å²) in [6, 6.07) is 0.417. The van der Waals surface area contributed by atoms with Gasteiger partial charge in [0.15, 0.2) is 0 Å². The van der Waals surface area contributed by atoms with Crippen LogP contribution in [0.5, 0.6) is 0 Å². The summed E-state index contributed by atoms with van der Waals surface area (Å²) < 4.78 is 0. The normalized spacial score (nSPS) is 17.2. The van der Waals surface area contributed by atoms with Crippen LogP contribution >= 0.6 is 0 Å². The lowest BCUT2D eigenvalue weighted by Gasteiger charge is -2.21. The van der Waals surface area contributed by atoms with Gasteiger partial charge in [0, 0.05) is 6.04 Å². The molecule has 3 nitrogen and oxygen atoms in total. The van der Waals surface area contributed by atoms with Gasteiger partial charge >= 0.3 is 0 Å². The third-order valence-corrected chi connectivity index (χ3v) is 1.20. The molecule has 0 bridgehead atoms. The molecule has 1 heterocycles. The van der Waals surface area contributed by atoms with Gasteiger partial charge in [-0.25, -0.2) is 4.99 Å². The lowest BCUT2D eigenvalue weighted by Crippen LogP contribution is -2.36. The highest BCUT2D eigenvalue weighted by molar-refractivity contribution is 5.58. The van der Waals surface area contributed by atoms with Gasteiger partial charge in [-0.2, -0.15) is 0 Å². The van der Waals surface area contributed by atoms with E-state index in [9.17, 15) is 0 Å². The van der Waals surface area contributed by atoms with E-state index in [2.05, 4.69) is 30.8 Å². The molecule has 0 amide bonds. The maximum absolute atomic E-state index is 3.93. The quantitative estimate of drug-likeness (QED) is 0.559. The number of hydrogen-bond donors (Lipinski definition) is 1. The van der Waals surface area contributed by atoms with Gasteiger partial charge in [0.25, 0.3) is 0 Å². The fourth-order valence-electron chi connectivity index (χ4n) is 0.749. The van der Waals surface area contributed by atoms with Gasteiger partial charge in [0.05, 0.1) is 0 Å². The van der Waals surface area contributed by atoms with Crippen molar-refractivity contribution in [2.75, 3.05) is 0 Å². The monoisotopic (exact) mass is 125 g/mol. The van der Waals surface area contributed by atoms with E-state index in [1.807, 2.05) is 5.01 Å². The summed E-state index contributed by atoms with van der Waals surface area (Å²) in [6.45, 7) is 7.87. The van der Waals surface area contributed by atoms with Crippen LogP contribution in [0.15, 0.2) is 17.4 Å². The van der Waals surface area contributed by atoms with Gasteiger partial charge in [-0.05, 0) is 13.8 Å². The van der Waals surface area contributed by atoms with Crippen molar-refractivity contribution in [2.24, 2.45) is 4.99 Å². The zero-order valence-corrected chi connectivity index (χ0v) is 5.76. The van der Waals surface area contributed by atoms with Gasteiger partial charge in [-0.1, -0.05) is 6.58 Å². The lowest BCUT2D eigenvalue weighted by atomic mass is 10.4. The Kier molecular flexibility index (Phi) is 1.42. The molecule has 1 aliphatic rings. The van der Waals surface area contributed by atoms with E-state index in [1.165, 1.54) is 0 Å². The molecule has 1 rings (SSSR count). The van der Waals surface area contributed by atoms with E-state index in [4.69, 9.17) is 0 Å². The fourth-order valence-corrected chi connectivity index (χ4v) is 0.749. The Morgan fingerprint density at radius 1 is 1.78 bits per heavy atom. The van der Waals surface area contributed by atoms with Crippen LogP contribution in [0.3, 0.4) is 0 Å². The summed E-state index contributed by atoms with van der Waals surface area (Å²) in [5, 5.41) is 1.90. The summed E-state index contributed by atoms with van der Waals surface area (Å²) in [6.07, 6.45) is 1.64. The average Bonchev–Trinajstić information content (AvgIpc) is 2.13. The Balaban J connectivity index is 2.56. The first kappa shape index (κ1) is 6.13. The number of hydrogen-bond acceptors (Lipinski definition) is 3. The lowest BCUT2D eigenvalue weighted by molar-refractivity contribution is 0.263. The van der Waals surface area contributed by atoms with Crippen LogP contribution in [0.25, 0.3) is 0 Å². The van der Waals surface area contributed by atoms with Crippen LogP contribution in [0.4, 0.5) is 0 Å². The molecule has 0 aromatic rings. The maximum atomic E-state index is 3.93. The van der Waals surface area contributed by atoms with Crippen LogP contribution in [-0.4, -0.2) is 17.4 Å². The first-order chi connectivity index (χ1) is 4.22. The van der Waals surface area contributed by atoms with Gasteiger partial charge in [-0.15, -0.1) is 0 Å². The molecular formula is C6H11N3. The number of hydrazine groups is 1. The molecule has 0 aromatic heterocycles. The highest BCUT2D eigenvalue weighted by atomic mass is 15.6. The standard InChI is InChI=1S/C6H11N3/c1-5(2)9-6(3)7-4-8-9/h4-5H,3H2,1-2H3,(H,7,8). The predicted octanol–water partition coefficient (Wildman–Crippen LogP) is 0.714. The van der Waals surface area contributed by atoms with Gasteiger partial charge < -0.3 is 0 Å². The molecule has 0 spiro atoms. The summed E-state index contributed by atoms with van der Waals surface area (Å²) in [5.74, 6) is 0.782. The summed E-state index contributed by atoms with van der Waals surface area (Å²) in [5.41, 5.74) is 2.95. The molecule has 0 saturated carbocycles. The zero-order valence-electron chi connectivity index (χ0n) is 5.76. The van der Waals surface area contributed by atoms with Crippen molar-refractivity contribution in [1.29, 1.82) is 0 Å². The topological polar surface area (TPSA) is 27.6 Å². The number of nitrogens with one attached hydrogen (secondary N) is 1. The first-order valence-electron chi connectivity index (χ1n) is 2.98. The van der Waals surface area contributed by atoms with E-state index in [0.717, 1.165) is 5.82 Å². The van der Waals surface area contributed by atoms with Crippen LogP contribution in [0, 0.1) is 0 Å². The van der Waals surface area contributed by atoms with Crippen molar-refractivity contribution >= 4 is 6.34 Å². The molecule has 3 heteroatoms. The van der Waals surface area contributed by atoms with Crippen LogP contribution in [0.1, 0.15) is 13.8 Å². The molecule has 1 aliphatic heterocycles. The number of aliphatic imine (C=N–C) groups is 1. The predicted molar refractivity (Wildman–Crippen MR) is 37.7 cm³/mol. The summed E-state index contributed by atoms with van der Waals surface area (Å²) >= 11 is 0. The van der Waals surface area contributed by atoms with E-state index in [1.54, 1.807) is 6.34 Å². The highest BCUT2D eigenvalue weighted by Crippen LogP contribution is 2.07. The molecule has 1 N–H and O–H groups in total. The molecular weight excluding hydrogens is 114 g/mol. The minimum Gasteiger partial charge on any atom is -0.286 e. The van der Waals surface area contributed by atoms with Crippen LogP contribution in [0.2, 0.25) is 0 Å². The van der Waals surface area contributed by atoms with Crippen molar-refractivity contribution in [3.8, 4) is 0 Å². The minimum absolute atomic E-state index is 0.417. The highest BCUT2D eigenvalue weighted by Gasteiger charge is 2.12. The van der Waals surface area contributed by atoms with Gasteiger partial charge in [0.1, 0.15) is 12.2 Å². The van der Waals surface area contributed by atoms with Crippen molar-refractivity contribution in [3.63, 3.8) is 0 Å². The Morgan fingerprint density at radius 2 is 2.44 bits per heavy atom. The second-order valence-electron chi connectivity index (χ2n) is 2.27. The molecule has 0 radical (unpaired) electrons. The van der Waals surface area contributed by atoms with Crippen molar-refractivity contribution in [1.82, 2.24) is 10.4 Å². The summed E-state index contributed by atoms with van der Waals surface area (Å²) in [7, 11) is 0. The molecule has 0 fully saturated rings. The van der Waals surface area contributed by atoms with Crippen LogP contribution < -0.4 is 5.43 Å². The molecule has 0 unspecified atom stereocenters. The maximum Gasteiger partial charge on any atom is 0.141 e. The van der Waals surface area contributed by atoms with Crippen molar-refractivity contribution < 1.29 is 0 Å². The summed E-state index contributed by atoms with van der Waals surface area (Å²) in [4.78, 5) is 3.93. The number of rotatable bonds is 1. The Morgan fingerprint density at radius 3 is 2.67 bits per heavy atom.